The Hall–Kier alpha value is -0.570. The average molecular weight is 185 g/mol. The minimum absolute atomic E-state index is 0.102. The van der Waals surface area contributed by atoms with Crippen LogP contribution in [0.25, 0.3) is 0 Å². The van der Waals surface area contributed by atoms with E-state index in [0.29, 0.717) is 11.5 Å². The van der Waals surface area contributed by atoms with Crippen LogP contribution < -0.4 is 5.32 Å². The zero-order valence-corrected chi connectivity index (χ0v) is 8.47. The molecule has 3 nitrogen and oxygen atoms in total. The zero-order chi connectivity index (χ0) is 9.90. The molecule has 0 radical (unpaired) electrons. The molecule has 3 heteroatoms. The number of rotatable bonds is 3. The van der Waals surface area contributed by atoms with E-state index in [4.69, 9.17) is 5.11 Å². The van der Waals surface area contributed by atoms with Gasteiger partial charge in [0, 0.05) is 6.04 Å². The Bertz CT molecular complexity index is 179. The summed E-state index contributed by atoms with van der Waals surface area (Å²) in [7, 11) is 0. The van der Waals surface area contributed by atoms with E-state index in [1.54, 1.807) is 0 Å². The molecule has 1 aliphatic rings. The van der Waals surface area contributed by atoms with Gasteiger partial charge in [0.05, 0.1) is 6.54 Å². The summed E-state index contributed by atoms with van der Waals surface area (Å²) in [5.41, 5.74) is 0.460. The van der Waals surface area contributed by atoms with E-state index < -0.39 is 5.97 Å². The van der Waals surface area contributed by atoms with Crippen LogP contribution in [0.4, 0.5) is 0 Å². The first-order valence-electron chi connectivity index (χ1n) is 4.95. The second-order valence-corrected chi connectivity index (χ2v) is 4.71. The quantitative estimate of drug-likeness (QED) is 0.702. The number of hydrogen-bond donors (Lipinski definition) is 2. The smallest absolute Gasteiger partial charge is 0.317 e. The van der Waals surface area contributed by atoms with E-state index in [1.165, 1.54) is 12.8 Å². The molecule has 0 bridgehead atoms. The van der Waals surface area contributed by atoms with Crippen LogP contribution in [-0.4, -0.2) is 23.7 Å². The molecule has 0 aromatic heterocycles. The molecule has 1 fully saturated rings. The predicted molar refractivity (Wildman–Crippen MR) is 51.7 cm³/mol. The average Bonchev–Trinajstić information content (AvgIpc) is 2.02. The number of nitrogens with one attached hydrogen (secondary N) is 1. The molecular formula is C10H19NO2. The van der Waals surface area contributed by atoms with Crippen LogP contribution in [0.1, 0.15) is 39.5 Å². The second-order valence-electron chi connectivity index (χ2n) is 4.71. The van der Waals surface area contributed by atoms with Crippen LogP contribution in [0.3, 0.4) is 0 Å². The van der Waals surface area contributed by atoms with Crippen molar-refractivity contribution < 1.29 is 9.90 Å². The summed E-state index contributed by atoms with van der Waals surface area (Å²) in [6.45, 7) is 4.66. The lowest BCUT2D eigenvalue weighted by molar-refractivity contribution is -0.136. The summed E-state index contributed by atoms with van der Waals surface area (Å²) >= 11 is 0. The molecule has 0 unspecified atom stereocenters. The number of carbonyl (C=O) groups is 1. The van der Waals surface area contributed by atoms with Crippen LogP contribution in [-0.2, 0) is 4.79 Å². The lowest BCUT2D eigenvalue weighted by Crippen LogP contribution is -2.38. The summed E-state index contributed by atoms with van der Waals surface area (Å²) in [6.07, 6.45) is 4.62. The lowest BCUT2D eigenvalue weighted by atomic mass is 9.75. The molecule has 1 rings (SSSR count). The first kappa shape index (κ1) is 10.5. The number of carboxylic acids is 1. The summed E-state index contributed by atoms with van der Waals surface area (Å²) in [5, 5.41) is 11.5. The van der Waals surface area contributed by atoms with Gasteiger partial charge in [0.2, 0.25) is 0 Å². The van der Waals surface area contributed by atoms with Gasteiger partial charge in [0.25, 0.3) is 0 Å². The highest BCUT2D eigenvalue weighted by molar-refractivity contribution is 5.69. The van der Waals surface area contributed by atoms with Gasteiger partial charge in [-0.2, -0.15) is 0 Å². The van der Waals surface area contributed by atoms with Crippen LogP contribution in [0.15, 0.2) is 0 Å². The highest BCUT2D eigenvalue weighted by atomic mass is 16.4. The number of aliphatic carboxylic acids is 1. The van der Waals surface area contributed by atoms with Crippen molar-refractivity contribution in [2.45, 2.75) is 45.6 Å². The fourth-order valence-electron chi connectivity index (χ4n) is 1.84. The maximum Gasteiger partial charge on any atom is 0.317 e. The topological polar surface area (TPSA) is 49.3 Å². The molecule has 0 aromatic rings. The van der Waals surface area contributed by atoms with Gasteiger partial charge < -0.3 is 10.4 Å². The molecule has 0 saturated heterocycles. The van der Waals surface area contributed by atoms with Gasteiger partial charge in [-0.15, -0.1) is 0 Å². The molecular weight excluding hydrogens is 166 g/mol. The Balaban J connectivity index is 2.21. The third-order valence-electron chi connectivity index (χ3n) is 2.88. The molecule has 0 amide bonds. The maximum absolute atomic E-state index is 10.3. The maximum atomic E-state index is 10.3. The van der Waals surface area contributed by atoms with Gasteiger partial charge in [-0.3, -0.25) is 4.79 Å². The van der Waals surface area contributed by atoms with E-state index in [-0.39, 0.29) is 6.54 Å². The number of carboxylic acid groups (broad SMARTS) is 1. The van der Waals surface area contributed by atoms with Crippen LogP contribution >= 0.6 is 0 Å². The van der Waals surface area contributed by atoms with Crippen molar-refractivity contribution in [1.82, 2.24) is 5.32 Å². The molecule has 0 aromatic carbocycles. The lowest BCUT2D eigenvalue weighted by Gasteiger charge is -2.34. The molecule has 76 valence electrons. The second kappa shape index (κ2) is 4.09. The summed E-state index contributed by atoms with van der Waals surface area (Å²) in [6, 6.07) is 0.420. The Morgan fingerprint density at radius 2 is 2.00 bits per heavy atom. The SMILES string of the molecule is CC1(C)CCC(NCC(=O)O)CC1. The van der Waals surface area contributed by atoms with Gasteiger partial charge in [-0.05, 0) is 31.1 Å². The standard InChI is InChI=1S/C10H19NO2/c1-10(2)5-3-8(4-6-10)11-7-9(12)13/h8,11H,3-7H2,1-2H3,(H,12,13). The molecule has 0 spiro atoms. The molecule has 0 heterocycles. The van der Waals surface area contributed by atoms with Gasteiger partial charge in [0.15, 0.2) is 0 Å². The Labute approximate surface area is 79.5 Å². The molecule has 1 aliphatic carbocycles. The highest BCUT2D eigenvalue weighted by Gasteiger charge is 2.26. The molecule has 0 aliphatic heterocycles. The summed E-state index contributed by atoms with van der Waals surface area (Å²) in [4.78, 5) is 10.3. The predicted octanol–water partition coefficient (Wildman–Crippen LogP) is 1.63. The van der Waals surface area contributed by atoms with Gasteiger partial charge >= 0.3 is 5.97 Å². The van der Waals surface area contributed by atoms with Crippen molar-refractivity contribution in [2.24, 2.45) is 5.41 Å². The first-order valence-corrected chi connectivity index (χ1v) is 4.95. The monoisotopic (exact) mass is 185 g/mol. The van der Waals surface area contributed by atoms with Crippen molar-refractivity contribution in [2.75, 3.05) is 6.54 Å². The van der Waals surface area contributed by atoms with Crippen molar-refractivity contribution >= 4 is 5.97 Å². The van der Waals surface area contributed by atoms with Crippen LogP contribution in [0.2, 0.25) is 0 Å². The summed E-state index contributed by atoms with van der Waals surface area (Å²) < 4.78 is 0. The van der Waals surface area contributed by atoms with Crippen molar-refractivity contribution in [3.63, 3.8) is 0 Å². The molecule has 2 N–H and O–H groups in total. The largest absolute Gasteiger partial charge is 0.480 e. The van der Waals surface area contributed by atoms with E-state index in [9.17, 15) is 4.79 Å². The molecule has 0 atom stereocenters. The van der Waals surface area contributed by atoms with Crippen molar-refractivity contribution in [3.05, 3.63) is 0 Å². The zero-order valence-electron chi connectivity index (χ0n) is 8.47. The Kier molecular flexibility index (Phi) is 3.31. The highest BCUT2D eigenvalue weighted by Crippen LogP contribution is 2.34. The van der Waals surface area contributed by atoms with E-state index in [0.717, 1.165) is 12.8 Å². The van der Waals surface area contributed by atoms with Crippen molar-refractivity contribution in [3.8, 4) is 0 Å². The van der Waals surface area contributed by atoms with Crippen LogP contribution in [0.5, 0.6) is 0 Å². The fraction of sp³-hybridized carbons (Fsp3) is 0.900. The third-order valence-corrected chi connectivity index (χ3v) is 2.88. The van der Waals surface area contributed by atoms with Gasteiger partial charge in [-0.1, -0.05) is 13.8 Å². The van der Waals surface area contributed by atoms with E-state index >= 15 is 0 Å². The normalized spacial score (nSPS) is 22.9. The first-order chi connectivity index (χ1) is 5.99. The third kappa shape index (κ3) is 3.77. The van der Waals surface area contributed by atoms with Gasteiger partial charge in [0.1, 0.15) is 0 Å². The fourth-order valence-corrected chi connectivity index (χ4v) is 1.84. The minimum Gasteiger partial charge on any atom is -0.480 e. The van der Waals surface area contributed by atoms with Gasteiger partial charge in [-0.25, -0.2) is 0 Å². The minimum atomic E-state index is -0.759. The molecule has 1 saturated carbocycles. The number of hydrogen-bond acceptors (Lipinski definition) is 2. The van der Waals surface area contributed by atoms with E-state index in [2.05, 4.69) is 19.2 Å². The molecule has 13 heavy (non-hydrogen) atoms. The van der Waals surface area contributed by atoms with Crippen molar-refractivity contribution in [1.29, 1.82) is 0 Å². The summed E-state index contributed by atoms with van der Waals surface area (Å²) in [5.74, 6) is -0.759. The van der Waals surface area contributed by atoms with Crippen LogP contribution in [0, 0.1) is 5.41 Å². The Morgan fingerprint density at radius 3 is 2.46 bits per heavy atom. The van der Waals surface area contributed by atoms with E-state index in [1.807, 2.05) is 0 Å². The Morgan fingerprint density at radius 1 is 1.46 bits per heavy atom.